The van der Waals surface area contributed by atoms with Gasteiger partial charge in [-0.15, -0.1) is 0 Å². The monoisotopic (exact) mass is 234 g/mol. The zero-order chi connectivity index (χ0) is 11.4. The topological polar surface area (TPSA) is 50.7 Å². The van der Waals surface area contributed by atoms with Crippen LogP contribution in [0.3, 0.4) is 0 Å². The molecule has 0 aliphatic heterocycles. The summed E-state index contributed by atoms with van der Waals surface area (Å²) >= 11 is 5.68. The molecule has 4 nitrogen and oxygen atoms in total. The van der Waals surface area contributed by atoms with Gasteiger partial charge in [-0.25, -0.2) is 9.97 Å². The summed E-state index contributed by atoms with van der Waals surface area (Å²) in [6.45, 7) is 2.61. The zero-order valence-corrected chi connectivity index (χ0v) is 9.57. The van der Waals surface area contributed by atoms with Crippen LogP contribution in [0.15, 0.2) is 30.7 Å². The first-order valence-electron chi connectivity index (χ1n) is 4.87. The van der Waals surface area contributed by atoms with Crippen molar-refractivity contribution in [3.8, 4) is 0 Å². The fourth-order valence-corrected chi connectivity index (χ4v) is 1.29. The molecule has 0 aliphatic carbocycles. The van der Waals surface area contributed by atoms with Crippen LogP contribution in [-0.4, -0.2) is 15.0 Å². The molecule has 0 spiro atoms. The molecule has 82 valence electrons. The minimum Gasteiger partial charge on any atom is -0.350 e. The standard InChI is InChI=1S/C11H11ClN4/c1-8-2-3-9(4-13-8)5-14-11-15-6-10(12)7-16-11/h2-4,6-7H,5H2,1H3,(H,14,15,16). The van der Waals surface area contributed by atoms with Crippen molar-refractivity contribution in [3.05, 3.63) is 47.0 Å². The molecule has 0 bridgehead atoms. The lowest BCUT2D eigenvalue weighted by molar-refractivity contribution is 1.03. The van der Waals surface area contributed by atoms with Gasteiger partial charge in [-0.2, -0.15) is 0 Å². The van der Waals surface area contributed by atoms with E-state index in [9.17, 15) is 0 Å². The fourth-order valence-electron chi connectivity index (χ4n) is 1.19. The normalized spacial score (nSPS) is 10.1. The minimum atomic E-state index is 0.530. The Balaban J connectivity index is 1.97. The molecule has 0 aromatic carbocycles. The number of hydrogen-bond donors (Lipinski definition) is 1. The van der Waals surface area contributed by atoms with Crippen LogP contribution in [0.4, 0.5) is 5.95 Å². The molecule has 2 aromatic heterocycles. The Hall–Kier alpha value is -1.68. The first kappa shape index (κ1) is 10.8. The van der Waals surface area contributed by atoms with Crippen LogP contribution < -0.4 is 5.32 Å². The van der Waals surface area contributed by atoms with Crippen molar-refractivity contribution in [1.82, 2.24) is 15.0 Å². The first-order valence-corrected chi connectivity index (χ1v) is 5.25. The fraction of sp³-hybridized carbons (Fsp3) is 0.182. The summed E-state index contributed by atoms with van der Waals surface area (Å²) in [6, 6.07) is 3.99. The molecule has 0 atom stereocenters. The summed E-state index contributed by atoms with van der Waals surface area (Å²) < 4.78 is 0. The van der Waals surface area contributed by atoms with Gasteiger partial charge in [0.05, 0.1) is 17.4 Å². The Kier molecular flexibility index (Phi) is 3.31. The lowest BCUT2D eigenvalue weighted by atomic mass is 10.2. The number of hydrogen-bond acceptors (Lipinski definition) is 4. The molecule has 2 aromatic rings. The lowest BCUT2D eigenvalue weighted by Crippen LogP contribution is -2.03. The summed E-state index contributed by atoms with van der Waals surface area (Å²) in [4.78, 5) is 12.3. The molecular formula is C11H11ClN4. The van der Waals surface area contributed by atoms with Gasteiger partial charge < -0.3 is 5.32 Å². The predicted molar refractivity (Wildman–Crippen MR) is 63.3 cm³/mol. The second-order valence-electron chi connectivity index (χ2n) is 3.39. The Morgan fingerprint density at radius 3 is 2.50 bits per heavy atom. The molecule has 1 N–H and O–H groups in total. The molecule has 2 heterocycles. The average molecular weight is 235 g/mol. The van der Waals surface area contributed by atoms with E-state index in [0.29, 0.717) is 17.5 Å². The SMILES string of the molecule is Cc1ccc(CNc2ncc(Cl)cn2)cn1. The quantitative estimate of drug-likeness (QED) is 0.886. The number of halogens is 1. The van der Waals surface area contributed by atoms with Crippen LogP contribution in [0.25, 0.3) is 0 Å². The molecular weight excluding hydrogens is 224 g/mol. The van der Waals surface area contributed by atoms with Crippen LogP contribution in [-0.2, 0) is 6.54 Å². The van der Waals surface area contributed by atoms with Gasteiger partial charge in [0, 0.05) is 18.4 Å². The van der Waals surface area contributed by atoms with Crippen LogP contribution >= 0.6 is 11.6 Å². The summed E-state index contributed by atoms with van der Waals surface area (Å²) in [6.07, 6.45) is 4.95. The highest BCUT2D eigenvalue weighted by molar-refractivity contribution is 6.30. The van der Waals surface area contributed by atoms with Crippen molar-refractivity contribution < 1.29 is 0 Å². The molecule has 0 unspecified atom stereocenters. The van der Waals surface area contributed by atoms with E-state index in [2.05, 4.69) is 20.3 Å². The van der Waals surface area contributed by atoms with E-state index in [1.54, 1.807) is 12.4 Å². The molecule has 2 rings (SSSR count). The van der Waals surface area contributed by atoms with Crippen LogP contribution in [0, 0.1) is 6.92 Å². The molecule has 5 heteroatoms. The van der Waals surface area contributed by atoms with Gasteiger partial charge in [0.15, 0.2) is 0 Å². The van der Waals surface area contributed by atoms with Crippen LogP contribution in [0.5, 0.6) is 0 Å². The summed E-state index contributed by atoms with van der Waals surface area (Å²) in [5, 5.41) is 3.62. The molecule has 0 fully saturated rings. The molecule has 0 saturated heterocycles. The van der Waals surface area contributed by atoms with Gasteiger partial charge in [0.2, 0.25) is 5.95 Å². The van der Waals surface area contributed by atoms with Gasteiger partial charge in [0.1, 0.15) is 0 Å². The maximum atomic E-state index is 5.68. The summed E-state index contributed by atoms with van der Waals surface area (Å²) in [7, 11) is 0. The van der Waals surface area contributed by atoms with Gasteiger partial charge in [-0.1, -0.05) is 17.7 Å². The van der Waals surface area contributed by atoms with Crippen LogP contribution in [0.1, 0.15) is 11.3 Å². The molecule has 0 saturated carbocycles. The van der Waals surface area contributed by atoms with E-state index in [0.717, 1.165) is 11.3 Å². The van der Waals surface area contributed by atoms with Gasteiger partial charge >= 0.3 is 0 Å². The number of aryl methyl sites for hydroxylation is 1. The number of nitrogens with one attached hydrogen (secondary N) is 1. The average Bonchev–Trinajstić information content (AvgIpc) is 2.30. The number of aromatic nitrogens is 3. The minimum absolute atomic E-state index is 0.530. The van der Waals surface area contributed by atoms with Gasteiger partial charge in [-0.3, -0.25) is 4.98 Å². The van der Waals surface area contributed by atoms with Gasteiger partial charge in [-0.05, 0) is 18.6 Å². The van der Waals surface area contributed by atoms with E-state index >= 15 is 0 Å². The maximum Gasteiger partial charge on any atom is 0.222 e. The third-order valence-electron chi connectivity index (χ3n) is 2.04. The molecule has 0 radical (unpaired) electrons. The van der Waals surface area contributed by atoms with E-state index in [4.69, 9.17) is 11.6 Å². The Morgan fingerprint density at radius 2 is 1.88 bits per heavy atom. The van der Waals surface area contributed by atoms with E-state index in [1.807, 2.05) is 25.3 Å². The highest BCUT2D eigenvalue weighted by Crippen LogP contribution is 2.07. The van der Waals surface area contributed by atoms with Crippen molar-refractivity contribution in [2.45, 2.75) is 13.5 Å². The third-order valence-corrected chi connectivity index (χ3v) is 2.24. The predicted octanol–water partition coefficient (Wildman–Crippen LogP) is 2.45. The van der Waals surface area contributed by atoms with Crippen molar-refractivity contribution in [3.63, 3.8) is 0 Å². The number of pyridine rings is 1. The highest BCUT2D eigenvalue weighted by Gasteiger charge is 1.97. The highest BCUT2D eigenvalue weighted by atomic mass is 35.5. The van der Waals surface area contributed by atoms with Crippen molar-refractivity contribution in [2.24, 2.45) is 0 Å². The number of nitrogens with zero attached hydrogens (tertiary/aromatic N) is 3. The van der Waals surface area contributed by atoms with Crippen molar-refractivity contribution >= 4 is 17.5 Å². The van der Waals surface area contributed by atoms with Crippen molar-refractivity contribution in [1.29, 1.82) is 0 Å². The maximum absolute atomic E-state index is 5.68. The smallest absolute Gasteiger partial charge is 0.222 e. The van der Waals surface area contributed by atoms with Gasteiger partial charge in [0.25, 0.3) is 0 Å². The largest absolute Gasteiger partial charge is 0.350 e. The Labute approximate surface area is 98.7 Å². The second kappa shape index (κ2) is 4.90. The lowest BCUT2D eigenvalue weighted by Gasteiger charge is -2.04. The Morgan fingerprint density at radius 1 is 1.12 bits per heavy atom. The molecule has 16 heavy (non-hydrogen) atoms. The molecule has 0 aliphatic rings. The summed E-state index contributed by atoms with van der Waals surface area (Å²) in [5.74, 6) is 0.560. The first-order chi connectivity index (χ1) is 7.74. The molecule has 0 amide bonds. The second-order valence-corrected chi connectivity index (χ2v) is 3.82. The van der Waals surface area contributed by atoms with E-state index in [1.165, 1.54) is 0 Å². The van der Waals surface area contributed by atoms with E-state index < -0.39 is 0 Å². The summed E-state index contributed by atoms with van der Waals surface area (Å²) in [5.41, 5.74) is 2.09. The third kappa shape index (κ3) is 2.90. The Bertz CT molecular complexity index is 407. The number of rotatable bonds is 3. The van der Waals surface area contributed by atoms with E-state index in [-0.39, 0.29) is 0 Å². The van der Waals surface area contributed by atoms with Crippen molar-refractivity contribution in [2.75, 3.05) is 5.32 Å². The zero-order valence-electron chi connectivity index (χ0n) is 8.81. The number of anilines is 1. The van der Waals surface area contributed by atoms with Crippen LogP contribution in [0.2, 0.25) is 5.02 Å².